The number of hydrogen-bond acceptors (Lipinski definition) is 5. The fourth-order valence-corrected chi connectivity index (χ4v) is 3.54. The van der Waals surface area contributed by atoms with Gasteiger partial charge in [0.1, 0.15) is 12.4 Å². The van der Waals surface area contributed by atoms with Crippen molar-refractivity contribution < 1.29 is 4.74 Å². The first-order chi connectivity index (χ1) is 13.6. The number of nitrogens with one attached hydrogen (secondary N) is 1. The zero-order valence-corrected chi connectivity index (χ0v) is 18.4. The van der Waals surface area contributed by atoms with E-state index in [-0.39, 0.29) is 0 Å². The van der Waals surface area contributed by atoms with Crippen LogP contribution in [0.4, 0.5) is 0 Å². The molecule has 8 nitrogen and oxygen atoms in total. The average Bonchev–Trinajstić information content (AvgIpc) is 3.29. The van der Waals surface area contributed by atoms with E-state index in [1.54, 1.807) is 0 Å². The molecule has 1 unspecified atom stereocenters. The predicted octanol–water partition coefficient (Wildman–Crippen LogP) is 1.66. The van der Waals surface area contributed by atoms with Gasteiger partial charge in [0.05, 0.1) is 0 Å². The number of ether oxygens (including phenoxy) is 1. The molecule has 8 heteroatoms. The van der Waals surface area contributed by atoms with Gasteiger partial charge in [0.25, 0.3) is 0 Å². The van der Waals surface area contributed by atoms with Gasteiger partial charge in [-0.15, -0.1) is 10.2 Å². The second-order valence-electron chi connectivity index (χ2n) is 7.43. The highest BCUT2D eigenvalue weighted by molar-refractivity contribution is 5.80. The van der Waals surface area contributed by atoms with Crippen molar-refractivity contribution in [1.82, 2.24) is 29.9 Å². The van der Waals surface area contributed by atoms with E-state index in [9.17, 15) is 0 Å². The second-order valence-corrected chi connectivity index (χ2v) is 7.43. The summed E-state index contributed by atoms with van der Waals surface area (Å²) in [7, 11) is 1.99. The standard InChI is InChI=1S/C20H39N7O/c1-6-26(7-2)15-18-10-12-27(16-18)20(21-11-9-13-28-8-3)22-14-19-24-23-17(4)25(19)5/h18H,6-16H2,1-5H3,(H,21,22). The van der Waals surface area contributed by atoms with Crippen LogP contribution < -0.4 is 5.32 Å². The van der Waals surface area contributed by atoms with E-state index in [2.05, 4.69) is 39.2 Å². The number of guanidine groups is 1. The van der Waals surface area contributed by atoms with E-state index in [4.69, 9.17) is 9.73 Å². The van der Waals surface area contributed by atoms with Crippen LogP contribution in [-0.2, 0) is 18.3 Å². The fraction of sp³-hybridized carbons (Fsp3) is 0.850. The van der Waals surface area contributed by atoms with Crippen molar-refractivity contribution >= 4 is 5.96 Å². The summed E-state index contributed by atoms with van der Waals surface area (Å²) in [5, 5.41) is 11.9. The Morgan fingerprint density at radius 3 is 2.71 bits per heavy atom. The lowest BCUT2D eigenvalue weighted by molar-refractivity contribution is 0.145. The molecule has 160 valence electrons. The summed E-state index contributed by atoms with van der Waals surface area (Å²) >= 11 is 0. The van der Waals surface area contributed by atoms with E-state index >= 15 is 0 Å². The summed E-state index contributed by atoms with van der Waals surface area (Å²) in [5.74, 6) is 3.49. The maximum atomic E-state index is 5.45. The molecule has 1 aromatic rings. The first kappa shape index (κ1) is 22.6. The molecule has 1 saturated heterocycles. The molecule has 2 rings (SSSR count). The molecule has 0 saturated carbocycles. The molecule has 0 bridgehead atoms. The van der Waals surface area contributed by atoms with Crippen LogP contribution in [0.5, 0.6) is 0 Å². The van der Waals surface area contributed by atoms with Gasteiger partial charge in [0.15, 0.2) is 11.8 Å². The number of rotatable bonds is 11. The second kappa shape index (κ2) is 12.0. The van der Waals surface area contributed by atoms with Gasteiger partial charge in [-0.2, -0.15) is 0 Å². The Morgan fingerprint density at radius 2 is 2.07 bits per heavy atom. The third-order valence-electron chi connectivity index (χ3n) is 5.50. The van der Waals surface area contributed by atoms with Crippen LogP contribution in [0.3, 0.4) is 0 Å². The molecule has 0 aromatic carbocycles. The van der Waals surface area contributed by atoms with Crippen LogP contribution in [-0.4, -0.2) is 83.0 Å². The molecule has 0 spiro atoms. The van der Waals surface area contributed by atoms with Gasteiger partial charge in [0.2, 0.25) is 0 Å². The quantitative estimate of drug-likeness (QED) is 0.350. The van der Waals surface area contributed by atoms with E-state index in [0.717, 1.165) is 70.0 Å². The first-order valence-corrected chi connectivity index (χ1v) is 10.8. The topological polar surface area (TPSA) is 70.8 Å². The Balaban J connectivity index is 1.97. The van der Waals surface area contributed by atoms with Gasteiger partial charge >= 0.3 is 0 Å². The molecular weight excluding hydrogens is 354 g/mol. The third kappa shape index (κ3) is 6.74. The monoisotopic (exact) mass is 393 g/mol. The summed E-state index contributed by atoms with van der Waals surface area (Å²) < 4.78 is 7.46. The van der Waals surface area contributed by atoms with Crippen LogP contribution in [0, 0.1) is 12.8 Å². The molecule has 28 heavy (non-hydrogen) atoms. The Hall–Kier alpha value is -1.67. The SMILES string of the molecule is CCOCCCNC(=NCc1nnc(C)n1C)N1CCC(CN(CC)CC)C1. The van der Waals surface area contributed by atoms with Crippen molar-refractivity contribution in [3.8, 4) is 0 Å². The first-order valence-electron chi connectivity index (χ1n) is 10.8. The molecular formula is C20H39N7O. The van der Waals surface area contributed by atoms with Crippen molar-refractivity contribution in [2.45, 2.75) is 47.1 Å². The lowest BCUT2D eigenvalue weighted by atomic mass is 10.1. The molecule has 0 radical (unpaired) electrons. The van der Waals surface area contributed by atoms with E-state index in [0.29, 0.717) is 12.5 Å². The molecule has 1 aromatic heterocycles. The average molecular weight is 394 g/mol. The maximum absolute atomic E-state index is 5.45. The number of aliphatic imine (C=N–C) groups is 1. The van der Waals surface area contributed by atoms with Crippen molar-refractivity contribution in [3.63, 3.8) is 0 Å². The Bertz CT molecular complexity index is 597. The summed E-state index contributed by atoms with van der Waals surface area (Å²) in [6.45, 7) is 17.0. The highest BCUT2D eigenvalue weighted by Gasteiger charge is 2.26. The summed E-state index contributed by atoms with van der Waals surface area (Å²) in [4.78, 5) is 9.79. The lowest BCUT2D eigenvalue weighted by Crippen LogP contribution is -2.41. The minimum atomic E-state index is 0.544. The molecule has 1 atom stereocenters. The zero-order valence-electron chi connectivity index (χ0n) is 18.4. The molecule has 1 N–H and O–H groups in total. The minimum absolute atomic E-state index is 0.544. The van der Waals surface area contributed by atoms with E-state index in [1.165, 1.54) is 13.0 Å². The molecule has 0 amide bonds. The molecule has 2 heterocycles. The molecule has 1 aliphatic heterocycles. The van der Waals surface area contributed by atoms with Gasteiger partial charge in [-0.3, -0.25) is 0 Å². The van der Waals surface area contributed by atoms with Crippen molar-refractivity contribution in [2.75, 3.05) is 52.5 Å². The van der Waals surface area contributed by atoms with Crippen LogP contribution in [0.1, 0.15) is 45.3 Å². The van der Waals surface area contributed by atoms with Crippen molar-refractivity contribution in [2.24, 2.45) is 18.0 Å². The molecule has 1 fully saturated rings. The number of aromatic nitrogens is 3. The summed E-state index contributed by atoms with van der Waals surface area (Å²) in [5.41, 5.74) is 0. The molecule has 1 aliphatic rings. The Morgan fingerprint density at radius 1 is 1.29 bits per heavy atom. The largest absolute Gasteiger partial charge is 0.382 e. The van der Waals surface area contributed by atoms with Gasteiger partial charge in [-0.05, 0) is 45.7 Å². The van der Waals surface area contributed by atoms with Crippen LogP contribution in [0.2, 0.25) is 0 Å². The van der Waals surface area contributed by atoms with E-state index < -0.39 is 0 Å². The van der Waals surface area contributed by atoms with E-state index in [1.807, 2.05) is 25.5 Å². The fourth-order valence-electron chi connectivity index (χ4n) is 3.54. The van der Waals surface area contributed by atoms with Gasteiger partial charge in [-0.1, -0.05) is 13.8 Å². The predicted molar refractivity (Wildman–Crippen MR) is 113 cm³/mol. The maximum Gasteiger partial charge on any atom is 0.194 e. The zero-order chi connectivity index (χ0) is 20.4. The normalized spacial score (nSPS) is 17.7. The minimum Gasteiger partial charge on any atom is -0.382 e. The summed E-state index contributed by atoms with van der Waals surface area (Å²) in [6, 6.07) is 0. The highest BCUT2D eigenvalue weighted by atomic mass is 16.5. The highest BCUT2D eigenvalue weighted by Crippen LogP contribution is 2.18. The number of hydrogen-bond donors (Lipinski definition) is 1. The molecule has 0 aliphatic carbocycles. The van der Waals surface area contributed by atoms with Gasteiger partial charge < -0.3 is 24.4 Å². The number of likely N-dealkylation sites (tertiary alicyclic amines) is 1. The number of nitrogens with zero attached hydrogens (tertiary/aromatic N) is 6. The Labute approximate surface area is 170 Å². The van der Waals surface area contributed by atoms with Crippen LogP contribution >= 0.6 is 0 Å². The van der Waals surface area contributed by atoms with Gasteiger partial charge in [-0.25, -0.2) is 4.99 Å². The van der Waals surface area contributed by atoms with Crippen LogP contribution in [0.25, 0.3) is 0 Å². The van der Waals surface area contributed by atoms with Crippen LogP contribution in [0.15, 0.2) is 4.99 Å². The lowest BCUT2D eigenvalue weighted by Gasteiger charge is -2.24. The number of aryl methyl sites for hydroxylation is 1. The third-order valence-corrected chi connectivity index (χ3v) is 5.50. The van der Waals surface area contributed by atoms with Crippen molar-refractivity contribution in [3.05, 3.63) is 11.6 Å². The van der Waals surface area contributed by atoms with Gasteiger partial charge in [0, 0.05) is 46.4 Å². The van der Waals surface area contributed by atoms with Crippen molar-refractivity contribution in [1.29, 1.82) is 0 Å². The summed E-state index contributed by atoms with van der Waals surface area (Å²) in [6.07, 6.45) is 2.20. The smallest absolute Gasteiger partial charge is 0.194 e. The Kier molecular flexibility index (Phi) is 9.70.